The molecule has 0 amide bonds. The third-order valence-corrected chi connectivity index (χ3v) is 7.89. The maximum atomic E-state index is 5.37. The average Bonchev–Trinajstić information content (AvgIpc) is 2.94. The molecule has 2 saturated heterocycles. The zero-order chi connectivity index (χ0) is 14.9. The summed E-state index contributed by atoms with van der Waals surface area (Å²) in [6.07, 6.45) is 1.20. The lowest BCUT2D eigenvalue weighted by Crippen LogP contribution is -2.61. The minimum atomic E-state index is -0.357. The first kappa shape index (κ1) is 15.7. The molecule has 2 unspecified atom stereocenters. The molecular weight excluding hydrogens is 256 g/mol. The Hall–Kier alpha value is 0.270. The maximum Gasteiger partial charge on any atom is 0.286 e. The first-order chi connectivity index (χ1) is 8.27. The summed E-state index contributed by atoms with van der Waals surface area (Å²) in [6.45, 7) is 21.0. The molecule has 2 fully saturated rings. The molecule has 0 N–H and O–H groups in total. The smallest absolute Gasteiger partial charge is 0.182 e. The van der Waals surface area contributed by atoms with Crippen LogP contribution in [0.2, 0.25) is 0 Å². The fourth-order valence-electron chi connectivity index (χ4n) is 2.77. The van der Waals surface area contributed by atoms with Crippen LogP contribution < -0.4 is 0 Å². The van der Waals surface area contributed by atoms with E-state index >= 15 is 0 Å². The van der Waals surface area contributed by atoms with E-state index in [9.17, 15) is 0 Å². The normalized spacial score (nSPS) is 34.3. The molecule has 0 saturated carbocycles. The van der Waals surface area contributed by atoms with E-state index < -0.39 is 0 Å². The Morgan fingerprint density at radius 3 is 1.74 bits per heavy atom. The standard InChI is InChI=1S/C16H30O2S/c1-12(2,3)14(7,8)10-11-15(9,13(4,5)6)16(19-11)17-18-16/h11H,10H2,1-9H3. The summed E-state index contributed by atoms with van der Waals surface area (Å²) in [6, 6.07) is 0. The van der Waals surface area contributed by atoms with Crippen molar-refractivity contribution in [1.82, 2.24) is 0 Å². The summed E-state index contributed by atoms with van der Waals surface area (Å²) in [5.74, 6) is 0. The Kier molecular flexibility index (Phi) is 3.23. The third kappa shape index (κ3) is 2.08. The molecule has 0 radical (unpaired) electrons. The van der Waals surface area contributed by atoms with Gasteiger partial charge in [-0.3, -0.25) is 0 Å². The molecule has 2 atom stereocenters. The second-order valence-corrected chi connectivity index (χ2v) is 10.5. The third-order valence-electron chi connectivity index (χ3n) is 6.10. The Morgan fingerprint density at radius 2 is 1.42 bits per heavy atom. The van der Waals surface area contributed by atoms with Crippen molar-refractivity contribution in [3.63, 3.8) is 0 Å². The van der Waals surface area contributed by atoms with Crippen LogP contribution in [0.5, 0.6) is 0 Å². The predicted molar refractivity (Wildman–Crippen MR) is 81.7 cm³/mol. The lowest BCUT2D eigenvalue weighted by Gasteiger charge is -2.58. The molecule has 0 aromatic carbocycles. The van der Waals surface area contributed by atoms with Crippen molar-refractivity contribution in [2.24, 2.45) is 21.7 Å². The van der Waals surface area contributed by atoms with Gasteiger partial charge in [0.15, 0.2) is 0 Å². The second kappa shape index (κ2) is 3.92. The summed E-state index contributed by atoms with van der Waals surface area (Å²) < 4.78 is 0. The lowest BCUT2D eigenvalue weighted by molar-refractivity contribution is -0.00595. The van der Waals surface area contributed by atoms with Crippen LogP contribution in [0.1, 0.15) is 68.7 Å². The molecule has 19 heavy (non-hydrogen) atoms. The van der Waals surface area contributed by atoms with E-state index in [0.717, 1.165) is 0 Å². The van der Waals surface area contributed by atoms with Crippen LogP contribution in [-0.4, -0.2) is 10.4 Å². The van der Waals surface area contributed by atoms with E-state index in [1.54, 1.807) is 0 Å². The molecule has 2 heterocycles. The summed E-state index contributed by atoms with van der Waals surface area (Å²) in [5.41, 5.74) is 0.856. The molecular formula is C16H30O2S. The average molecular weight is 286 g/mol. The van der Waals surface area contributed by atoms with Crippen molar-refractivity contribution in [2.45, 2.75) is 79.1 Å². The molecule has 0 aliphatic carbocycles. The van der Waals surface area contributed by atoms with Gasteiger partial charge in [-0.25, -0.2) is 0 Å². The second-order valence-electron chi connectivity index (χ2n) is 9.12. The van der Waals surface area contributed by atoms with E-state index in [0.29, 0.717) is 16.1 Å². The molecule has 1 spiro atoms. The molecule has 2 aliphatic rings. The highest BCUT2D eigenvalue weighted by atomic mass is 32.2. The summed E-state index contributed by atoms with van der Waals surface area (Å²) >= 11 is 1.87. The first-order valence-corrected chi connectivity index (χ1v) is 8.19. The van der Waals surface area contributed by atoms with E-state index in [4.69, 9.17) is 9.78 Å². The van der Waals surface area contributed by atoms with Crippen molar-refractivity contribution in [1.29, 1.82) is 0 Å². The fraction of sp³-hybridized carbons (Fsp3) is 1.00. The van der Waals surface area contributed by atoms with E-state index in [2.05, 4.69) is 62.3 Å². The number of thioether (sulfide) groups is 1. The first-order valence-electron chi connectivity index (χ1n) is 7.32. The number of hydrogen-bond acceptors (Lipinski definition) is 3. The van der Waals surface area contributed by atoms with Crippen LogP contribution in [0.4, 0.5) is 0 Å². The van der Waals surface area contributed by atoms with Gasteiger partial charge in [0.25, 0.3) is 5.12 Å². The number of rotatable bonds is 2. The topological polar surface area (TPSA) is 25.1 Å². The van der Waals surface area contributed by atoms with Gasteiger partial charge < -0.3 is 0 Å². The van der Waals surface area contributed by atoms with Gasteiger partial charge in [0.2, 0.25) is 0 Å². The van der Waals surface area contributed by atoms with Gasteiger partial charge >= 0.3 is 0 Å². The van der Waals surface area contributed by atoms with Crippen LogP contribution in [0.3, 0.4) is 0 Å². The molecule has 0 bridgehead atoms. The molecule has 0 aromatic heterocycles. The molecule has 0 aromatic rings. The summed E-state index contributed by atoms with van der Waals surface area (Å²) in [7, 11) is 0. The zero-order valence-electron chi connectivity index (χ0n) is 14.0. The lowest BCUT2D eigenvalue weighted by atomic mass is 9.59. The van der Waals surface area contributed by atoms with E-state index in [-0.39, 0.29) is 15.9 Å². The highest BCUT2D eigenvalue weighted by Gasteiger charge is 2.79. The monoisotopic (exact) mass is 286 g/mol. The van der Waals surface area contributed by atoms with Gasteiger partial charge in [0, 0.05) is 5.25 Å². The summed E-state index contributed by atoms with van der Waals surface area (Å²) in [4.78, 5) is 10.7. The van der Waals surface area contributed by atoms with Gasteiger partial charge in [-0.2, -0.15) is 9.78 Å². The Balaban J connectivity index is 2.20. The predicted octanol–water partition coefficient (Wildman–Crippen LogP) is 5.23. The SMILES string of the molecule is CC(C)(C)C(C)(C)CC1SC2(OO2)C1(C)C(C)(C)C. The van der Waals surface area contributed by atoms with E-state index in [1.165, 1.54) is 6.42 Å². The van der Waals surface area contributed by atoms with Gasteiger partial charge in [0.1, 0.15) is 0 Å². The maximum absolute atomic E-state index is 5.37. The zero-order valence-corrected chi connectivity index (χ0v) is 14.8. The van der Waals surface area contributed by atoms with Crippen molar-refractivity contribution < 1.29 is 9.78 Å². The van der Waals surface area contributed by atoms with Crippen LogP contribution >= 0.6 is 11.8 Å². The van der Waals surface area contributed by atoms with Crippen molar-refractivity contribution in [2.75, 3.05) is 0 Å². The van der Waals surface area contributed by atoms with Gasteiger partial charge in [-0.1, -0.05) is 74.1 Å². The Bertz CT molecular complexity index is 367. The summed E-state index contributed by atoms with van der Waals surface area (Å²) in [5, 5.41) is 0.230. The highest BCUT2D eigenvalue weighted by molar-refractivity contribution is 8.02. The minimum Gasteiger partial charge on any atom is -0.182 e. The van der Waals surface area contributed by atoms with Crippen LogP contribution in [0, 0.1) is 21.7 Å². The van der Waals surface area contributed by atoms with E-state index in [1.807, 2.05) is 11.8 Å². The molecule has 112 valence electrons. The number of hydrogen-bond donors (Lipinski definition) is 0. The van der Waals surface area contributed by atoms with Crippen LogP contribution in [0.25, 0.3) is 0 Å². The molecule has 3 heteroatoms. The van der Waals surface area contributed by atoms with Crippen molar-refractivity contribution >= 4 is 11.8 Å². The highest BCUT2D eigenvalue weighted by Crippen LogP contribution is 2.76. The quantitative estimate of drug-likeness (QED) is 0.513. The van der Waals surface area contributed by atoms with Gasteiger partial charge in [0.05, 0.1) is 5.41 Å². The van der Waals surface area contributed by atoms with Crippen molar-refractivity contribution in [3.05, 3.63) is 0 Å². The van der Waals surface area contributed by atoms with Gasteiger partial charge in [-0.15, -0.1) is 0 Å². The molecule has 2 nitrogen and oxygen atoms in total. The fourth-order valence-corrected chi connectivity index (χ4v) is 5.01. The molecule has 2 rings (SSSR count). The van der Waals surface area contributed by atoms with Crippen LogP contribution in [-0.2, 0) is 9.78 Å². The Labute approximate surface area is 122 Å². The van der Waals surface area contributed by atoms with Crippen LogP contribution in [0.15, 0.2) is 0 Å². The molecule has 2 aliphatic heterocycles. The largest absolute Gasteiger partial charge is 0.286 e. The van der Waals surface area contributed by atoms with Gasteiger partial charge in [-0.05, 0) is 22.7 Å². The van der Waals surface area contributed by atoms with Crippen molar-refractivity contribution in [3.8, 4) is 0 Å². The Morgan fingerprint density at radius 1 is 0.947 bits per heavy atom. The minimum absolute atomic E-state index is 0.0766.